The molecule has 0 saturated carbocycles. The molecule has 2 rings (SSSR count). The molecule has 1 atom stereocenters. The molecule has 0 bridgehead atoms. The highest BCUT2D eigenvalue weighted by Gasteiger charge is 2.57. The van der Waals surface area contributed by atoms with Gasteiger partial charge in [-0.25, -0.2) is 4.98 Å². The van der Waals surface area contributed by atoms with Crippen molar-refractivity contribution in [3.8, 4) is 0 Å². The van der Waals surface area contributed by atoms with Gasteiger partial charge in [0.25, 0.3) is 0 Å². The third-order valence-corrected chi connectivity index (χ3v) is 3.92. The number of alkyl halides is 6. The van der Waals surface area contributed by atoms with E-state index in [2.05, 4.69) is 4.98 Å². The summed E-state index contributed by atoms with van der Waals surface area (Å²) in [6, 6.07) is 0. The Bertz CT molecular complexity index is 470. The van der Waals surface area contributed by atoms with E-state index in [1.54, 1.807) is 0 Å². The molecular formula is C9H8F6N2OS. The lowest BCUT2D eigenvalue weighted by Gasteiger charge is -2.25. The predicted molar refractivity (Wildman–Crippen MR) is 55.0 cm³/mol. The van der Waals surface area contributed by atoms with E-state index in [-0.39, 0.29) is 23.0 Å². The van der Waals surface area contributed by atoms with Crippen LogP contribution in [0.4, 0.5) is 31.5 Å². The maximum atomic E-state index is 12.6. The first-order valence-electron chi connectivity index (χ1n) is 5.10. The molecule has 1 fully saturated rings. The Morgan fingerprint density at radius 1 is 1.26 bits per heavy atom. The van der Waals surface area contributed by atoms with Crippen LogP contribution in [-0.2, 0) is 6.18 Å². The van der Waals surface area contributed by atoms with E-state index in [0.717, 1.165) is 4.90 Å². The van der Waals surface area contributed by atoms with Gasteiger partial charge in [0.2, 0.25) is 0 Å². The SMILES string of the molecule is O[C@@]1(C(F)(F)F)CCN(c2ncc(C(F)(F)F)s2)C1. The second-order valence-corrected chi connectivity index (χ2v) is 5.21. The first-order valence-corrected chi connectivity index (χ1v) is 5.92. The van der Waals surface area contributed by atoms with E-state index in [1.807, 2.05) is 0 Å². The summed E-state index contributed by atoms with van der Waals surface area (Å²) in [5.41, 5.74) is -2.89. The van der Waals surface area contributed by atoms with Crippen LogP contribution in [0.3, 0.4) is 0 Å². The Hall–Kier alpha value is -1.03. The molecule has 0 radical (unpaired) electrons. The topological polar surface area (TPSA) is 36.4 Å². The molecule has 1 N–H and O–H groups in total. The van der Waals surface area contributed by atoms with Crippen LogP contribution in [0.1, 0.15) is 11.3 Å². The number of β-amino-alcohol motifs (C(OH)–C–C–N with tert-alkyl or cyclic N) is 1. The Labute approximate surface area is 107 Å². The minimum atomic E-state index is -4.81. The number of nitrogens with zero attached hydrogens (tertiary/aromatic N) is 2. The minimum Gasteiger partial charge on any atom is -0.379 e. The van der Waals surface area contributed by atoms with Crippen molar-refractivity contribution in [1.82, 2.24) is 4.98 Å². The summed E-state index contributed by atoms with van der Waals surface area (Å²) in [5.74, 6) is 0. The largest absolute Gasteiger partial charge is 0.427 e. The molecule has 0 unspecified atom stereocenters. The van der Waals surface area contributed by atoms with Crippen molar-refractivity contribution < 1.29 is 31.4 Å². The zero-order valence-electron chi connectivity index (χ0n) is 9.22. The van der Waals surface area contributed by atoms with Gasteiger partial charge in [-0.05, 0) is 0 Å². The van der Waals surface area contributed by atoms with Gasteiger partial charge >= 0.3 is 12.4 Å². The summed E-state index contributed by atoms with van der Waals surface area (Å²) in [7, 11) is 0. The van der Waals surface area contributed by atoms with E-state index in [0.29, 0.717) is 6.20 Å². The average molecular weight is 306 g/mol. The molecule has 1 aromatic rings. The van der Waals surface area contributed by atoms with Crippen molar-refractivity contribution in [2.75, 3.05) is 18.0 Å². The van der Waals surface area contributed by atoms with Crippen molar-refractivity contribution >= 4 is 16.5 Å². The van der Waals surface area contributed by atoms with Crippen molar-refractivity contribution in [3.63, 3.8) is 0 Å². The molecule has 0 aliphatic carbocycles. The predicted octanol–water partition coefficient (Wildman–Crippen LogP) is 2.67. The molecule has 1 aromatic heterocycles. The lowest BCUT2D eigenvalue weighted by Crippen LogP contribution is -2.47. The highest BCUT2D eigenvalue weighted by Crippen LogP contribution is 2.42. The van der Waals surface area contributed by atoms with Crippen molar-refractivity contribution in [1.29, 1.82) is 0 Å². The maximum absolute atomic E-state index is 12.6. The first-order chi connectivity index (χ1) is 8.53. The summed E-state index contributed by atoms with van der Waals surface area (Å²) in [4.78, 5) is 3.48. The van der Waals surface area contributed by atoms with Gasteiger partial charge in [0.05, 0.1) is 12.7 Å². The third kappa shape index (κ3) is 2.64. The minimum absolute atomic E-state index is 0.174. The molecule has 19 heavy (non-hydrogen) atoms. The van der Waals surface area contributed by atoms with Gasteiger partial charge in [-0.2, -0.15) is 26.3 Å². The summed E-state index contributed by atoms with van der Waals surface area (Å²) in [5, 5.41) is 9.24. The third-order valence-electron chi connectivity index (χ3n) is 2.82. The van der Waals surface area contributed by atoms with E-state index in [9.17, 15) is 31.4 Å². The van der Waals surface area contributed by atoms with Gasteiger partial charge in [0.1, 0.15) is 4.88 Å². The number of hydrogen-bond donors (Lipinski definition) is 1. The molecule has 108 valence electrons. The summed E-state index contributed by atoms with van der Waals surface area (Å²) in [6.07, 6.45) is -9.40. The molecule has 0 aromatic carbocycles. The highest BCUT2D eigenvalue weighted by atomic mass is 32.1. The number of halogens is 6. The molecule has 2 heterocycles. The number of anilines is 1. The standard InChI is InChI=1S/C9H8F6N2OS/c10-8(11,12)5-3-16-6(19-5)17-2-1-7(18,4-17)9(13,14)15/h3,18H,1-2,4H2/t7-/m0/s1. The van der Waals surface area contributed by atoms with Gasteiger partial charge in [0.15, 0.2) is 10.7 Å². The first kappa shape index (κ1) is 14.4. The second kappa shape index (κ2) is 4.23. The quantitative estimate of drug-likeness (QED) is 0.810. The molecule has 1 aliphatic heterocycles. The van der Waals surface area contributed by atoms with Crippen molar-refractivity contribution in [2.45, 2.75) is 24.4 Å². The Morgan fingerprint density at radius 2 is 1.89 bits per heavy atom. The van der Waals surface area contributed by atoms with Crippen LogP contribution in [-0.4, -0.2) is 35.0 Å². The normalized spacial score (nSPS) is 25.1. The lowest BCUT2D eigenvalue weighted by atomic mass is 10.0. The van der Waals surface area contributed by atoms with Crippen LogP contribution in [0, 0.1) is 0 Å². The molecular weight excluding hydrogens is 298 g/mol. The molecule has 10 heteroatoms. The van der Waals surface area contributed by atoms with Gasteiger partial charge in [0, 0.05) is 13.0 Å². The average Bonchev–Trinajstić information content (AvgIpc) is 2.81. The maximum Gasteiger partial charge on any atom is 0.427 e. The number of hydrogen-bond acceptors (Lipinski definition) is 4. The van der Waals surface area contributed by atoms with Gasteiger partial charge < -0.3 is 10.0 Å². The fraction of sp³-hybridized carbons (Fsp3) is 0.667. The molecule has 1 aliphatic rings. The van der Waals surface area contributed by atoms with Crippen LogP contribution >= 0.6 is 11.3 Å². The number of aromatic nitrogens is 1. The van der Waals surface area contributed by atoms with E-state index < -0.39 is 35.8 Å². The van der Waals surface area contributed by atoms with Gasteiger partial charge in [-0.1, -0.05) is 11.3 Å². The Balaban J connectivity index is 2.16. The van der Waals surface area contributed by atoms with Crippen LogP contribution in [0.5, 0.6) is 0 Å². The number of aliphatic hydroxyl groups is 1. The van der Waals surface area contributed by atoms with E-state index >= 15 is 0 Å². The number of rotatable bonds is 1. The summed E-state index contributed by atoms with van der Waals surface area (Å²) >= 11 is 0.260. The van der Waals surface area contributed by atoms with Gasteiger partial charge in [-0.15, -0.1) is 0 Å². The second-order valence-electron chi connectivity index (χ2n) is 4.21. The smallest absolute Gasteiger partial charge is 0.379 e. The van der Waals surface area contributed by atoms with Crippen molar-refractivity contribution in [3.05, 3.63) is 11.1 Å². The van der Waals surface area contributed by atoms with Crippen LogP contribution < -0.4 is 4.90 Å². The van der Waals surface area contributed by atoms with Crippen LogP contribution in [0.2, 0.25) is 0 Å². The zero-order chi connectivity index (χ0) is 14.5. The van der Waals surface area contributed by atoms with Crippen molar-refractivity contribution in [2.24, 2.45) is 0 Å². The van der Waals surface area contributed by atoms with Crippen LogP contribution in [0.15, 0.2) is 6.20 Å². The molecule has 0 spiro atoms. The fourth-order valence-corrected chi connectivity index (χ4v) is 2.54. The van der Waals surface area contributed by atoms with E-state index in [1.165, 1.54) is 0 Å². The molecule has 1 saturated heterocycles. The highest BCUT2D eigenvalue weighted by molar-refractivity contribution is 7.15. The van der Waals surface area contributed by atoms with Gasteiger partial charge in [-0.3, -0.25) is 0 Å². The molecule has 0 amide bonds. The lowest BCUT2D eigenvalue weighted by molar-refractivity contribution is -0.250. The summed E-state index contributed by atoms with van der Waals surface area (Å²) < 4.78 is 74.7. The fourth-order valence-electron chi connectivity index (χ4n) is 1.73. The van der Waals surface area contributed by atoms with Crippen LogP contribution in [0.25, 0.3) is 0 Å². The summed E-state index contributed by atoms with van der Waals surface area (Å²) in [6.45, 7) is -0.998. The number of thiazole rings is 1. The monoisotopic (exact) mass is 306 g/mol. The van der Waals surface area contributed by atoms with E-state index in [4.69, 9.17) is 0 Å². The Kier molecular flexibility index (Phi) is 3.21. The molecule has 3 nitrogen and oxygen atoms in total. The Morgan fingerprint density at radius 3 is 2.32 bits per heavy atom. The zero-order valence-corrected chi connectivity index (χ0v) is 10.0.